The molecule has 2 aromatic rings. The Kier molecular flexibility index (Phi) is 2.88. The van der Waals surface area contributed by atoms with E-state index in [0.29, 0.717) is 5.56 Å². The van der Waals surface area contributed by atoms with Crippen LogP contribution < -0.4 is 4.74 Å². The lowest BCUT2D eigenvalue weighted by atomic mass is 10.0. The van der Waals surface area contributed by atoms with Gasteiger partial charge in [-0.15, -0.1) is 0 Å². The Morgan fingerprint density at radius 1 is 1.00 bits per heavy atom. The first-order valence-electron chi connectivity index (χ1n) is 4.98. The molecule has 0 amide bonds. The molecule has 0 bridgehead atoms. The number of ether oxygens (including phenoxy) is 1. The van der Waals surface area contributed by atoms with Gasteiger partial charge in [-0.3, -0.25) is 0 Å². The summed E-state index contributed by atoms with van der Waals surface area (Å²) in [5, 5.41) is 9.01. The van der Waals surface area contributed by atoms with Gasteiger partial charge in [-0.1, -0.05) is 30.3 Å². The Labute approximate surface area is 94.7 Å². The van der Waals surface area contributed by atoms with Gasteiger partial charge in [0.05, 0.1) is 18.7 Å². The van der Waals surface area contributed by atoms with Gasteiger partial charge in [0.25, 0.3) is 0 Å². The molecular formula is C14H11NO. The van der Waals surface area contributed by atoms with Crippen LogP contribution in [0.3, 0.4) is 0 Å². The SMILES string of the molecule is COc1ccc(-c2ccccc2C#N)cc1. The van der Waals surface area contributed by atoms with Crippen LogP contribution in [-0.4, -0.2) is 7.11 Å². The maximum absolute atomic E-state index is 9.01. The number of hydrogen-bond donors (Lipinski definition) is 0. The van der Waals surface area contributed by atoms with Gasteiger partial charge in [-0.2, -0.15) is 5.26 Å². The number of hydrogen-bond acceptors (Lipinski definition) is 2. The van der Waals surface area contributed by atoms with Gasteiger partial charge >= 0.3 is 0 Å². The summed E-state index contributed by atoms with van der Waals surface area (Å²) in [6, 6.07) is 17.4. The third-order valence-electron chi connectivity index (χ3n) is 2.45. The molecule has 78 valence electrons. The van der Waals surface area contributed by atoms with E-state index in [0.717, 1.165) is 16.9 Å². The van der Waals surface area contributed by atoms with Crippen LogP contribution in [0.15, 0.2) is 48.5 Å². The fraction of sp³-hybridized carbons (Fsp3) is 0.0714. The molecule has 0 unspecified atom stereocenters. The zero-order valence-electron chi connectivity index (χ0n) is 8.97. The Balaban J connectivity index is 2.47. The summed E-state index contributed by atoms with van der Waals surface area (Å²) in [6.45, 7) is 0. The summed E-state index contributed by atoms with van der Waals surface area (Å²) >= 11 is 0. The van der Waals surface area contributed by atoms with Gasteiger partial charge in [-0.25, -0.2) is 0 Å². The molecule has 0 saturated carbocycles. The highest BCUT2D eigenvalue weighted by atomic mass is 16.5. The molecule has 0 aromatic heterocycles. The van der Waals surface area contributed by atoms with Crippen LogP contribution in [0.1, 0.15) is 5.56 Å². The lowest BCUT2D eigenvalue weighted by Crippen LogP contribution is -1.85. The monoisotopic (exact) mass is 209 g/mol. The Morgan fingerprint density at radius 3 is 2.31 bits per heavy atom. The molecule has 2 aromatic carbocycles. The van der Waals surface area contributed by atoms with Gasteiger partial charge in [0.1, 0.15) is 5.75 Å². The summed E-state index contributed by atoms with van der Waals surface area (Å²) in [5.41, 5.74) is 2.67. The molecule has 0 atom stereocenters. The van der Waals surface area contributed by atoms with Crippen molar-refractivity contribution in [1.29, 1.82) is 5.26 Å². The fourth-order valence-corrected chi connectivity index (χ4v) is 1.60. The molecule has 0 aliphatic rings. The predicted octanol–water partition coefficient (Wildman–Crippen LogP) is 3.23. The maximum Gasteiger partial charge on any atom is 0.118 e. The van der Waals surface area contributed by atoms with E-state index in [4.69, 9.17) is 10.00 Å². The Bertz CT molecular complexity index is 523. The molecule has 0 radical (unpaired) electrons. The average Bonchev–Trinajstić information content (AvgIpc) is 2.39. The summed E-state index contributed by atoms with van der Waals surface area (Å²) in [6.07, 6.45) is 0. The van der Waals surface area contributed by atoms with Crippen LogP contribution in [-0.2, 0) is 0 Å². The summed E-state index contributed by atoms with van der Waals surface area (Å²) in [4.78, 5) is 0. The zero-order valence-corrected chi connectivity index (χ0v) is 8.97. The minimum absolute atomic E-state index is 0.688. The second-order valence-electron chi connectivity index (χ2n) is 3.39. The van der Waals surface area contributed by atoms with Crippen LogP contribution in [0.4, 0.5) is 0 Å². The van der Waals surface area contributed by atoms with Gasteiger partial charge in [0.15, 0.2) is 0 Å². The quantitative estimate of drug-likeness (QED) is 0.760. The van der Waals surface area contributed by atoms with E-state index in [1.807, 2.05) is 48.5 Å². The molecule has 0 N–H and O–H groups in total. The zero-order chi connectivity index (χ0) is 11.4. The number of benzene rings is 2. The van der Waals surface area contributed by atoms with E-state index in [9.17, 15) is 0 Å². The predicted molar refractivity (Wildman–Crippen MR) is 63.1 cm³/mol. The first kappa shape index (κ1) is 10.3. The standard InChI is InChI=1S/C14H11NO/c1-16-13-8-6-11(7-9-13)14-5-3-2-4-12(14)10-15/h2-9H,1H3. The molecule has 2 heteroatoms. The number of nitrogens with zero attached hydrogens (tertiary/aromatic N) is 1. The van der Waals surface area contributed by atoms with Gasteiger partial charge in [0.2, 0.25) is 0 Å². The third-order valence-corrected chi connectivity index (χ3v) is 2.45. The van der Waals surface area contributed by atoms with Gasteiger partial charge in [0, 0.05) is 0 Å². The normalized spacial score (nSPS) is 9.50. The van der Waals surface area contributed by atoms with Crippen molar-refractivity contribution in [2.75, 3.05) is 7.11 Å². The minimum Gasteiger partial charge on any atom is -0.497 e. The van der Waals surface area contributed by atoms with Gasteiger partial charge < -0.3 is 4.74 Å². The first-order valence-corrected chi connectivity index (χ1v) is 4.98. The molecule has 16 heavy (non-hydrogen) atoms. The minimum atomic E-state index is 0.688. The van der Waals surface area contributed by atoms with E-state index < -0.39 is 0 Å². The van der Waals surface area contributed by atoms with E-state index in [1.165, 1.54) is 0 Å². The second kappa shape index (κ2) is 4.50. The molecule has 0 fully saturated rings. The van der Waals surface area contributed by atoms with Crippen LogP contribution in [0.5, 0.6) is 5.75 Å². The first-order chi connectivity index (χ1) is 7.85. The lowest BCUT2D eigenvalue weighted by molar-refractivity contribution is 0.415. The Hall–Kier alpha value is -2.27. The maximum atomic E-state index is 9.01. The summed E-state index contributed by atoms with van der Waals surface area (Å²) < 4.78 is 5.10. The van der Waals surface area contributed by atoms with Crippen molar-refractivity contribution in [2.24, 2.45) is 0 Å². The fourth-order valence-electron chi connectivity index (χ4n) is 1.60. The highest BCUT2D eigenvalue weighted by Gasteiger charge is 2.03. The summed E-state index contributed by atoms with van der Waals surface area (Å²) in [5.74, 6) is 0.818. The highest BCUT2D eigenvalue weighted by molar-refractivity contribution is 5.70. The van der Waals surface area contributed by atoms with Crippen LogP contribution >= 0.6 is 0 Å². The number of rotatable bonds is 2. The molecule has 0 spiro atoms. The third kappa shape index (κ3) is 1.89. The van der Waals surface area contributed by atoms with Crippen LogP contribution in [0.25, 0.3) is 11.1 Å². The van der Waals surface area contributed by atoms with Crippen molar-refractivity contribution < 1.29 is 4.74 Å². The second-order valence-corrected chi connectivity index (χ2v) is 3.39. The van der Waals surface area contributed by atoms with E-state index in [1.54, 1.807) is 7.11 Å². The van der Waals surface area contributed by atoms with Crippen LogP contribution in [0, 0.1) is 11.3 Å². The van der Waals surface area contributed by atoms with Crippen molar-refractivity contribution in [2.45, 2.75) is 0 Å². The largest absolute Gasteiger partial charge is 0.497 e. The summed E-state index contributed by atoms with van der Waals surface area (Å²) in [7, 11) is 1.64. The lowest BCUT2D eigenvalue weighted by Gasteiger charge is -2.05. The number of methoxy groups -OCH3 is 1. The van der Waals surface area contributed by atoms with Crippen molar-refractivity contribution in [3.05, 3.63) is 54.1 Å². The van der Waals surface area contributed by atoms with Crippen molar-refractivity contribution in [1.82, 2.24) is 0 Å². The molecular weight excluding hydrogens is 198 g/mol. The molecule has 2 rings (SSSR count). The smallest absolute Gasteiger partial charge is 0.118 e. The average molecular weight is 209 g/mol. The van der Waals surface area contributed by atoms with E-state index >= 15 is 0 Å². The van der Waals surface area contributed by atoms with E-state index in [-0.39, 0.29) is 0 Å². The van der Waals surface area contributed by atoms with Gasteiger partial charge in [-0.05, 0) is 29.3 Å². The topological polar surface area (TPSA) is 33.0 Å². The van der Waals surface area contributed by atoms with Crippen molar-refractivity contribution in [3.63, 3.8) is 0 Å². The molecule has 0 saturated heterocycles. The Morgan fingerprint density at radius 2 is 1.69 bits per heavy atom. The van der Waals surface area contributed by atoms with Crippen molar-refractivity contribution >= 4 is 0 Å². The molecule has 0 heterocycles. The molecule has 0 aliphatic heterocycles. The molecule has 0 aliphatic carbocycles. The molecule has 2 nitrogen and oxygen atoms in total. The van der Waals surface area contributed by atoms with Crippen LogP contribution in [0.2, 0.25) is 0 Å². The highest BCUT2D eigenvalue weighted by Crippen LogP contribution is 2.24. The number of nitriles is 1. The van der Waals surface area contributed by atoms with E-state index in [2.05, 4.69) is 6.07 Å². The van der Waals surface area contributed by atoms with Crippen molar-refractivity contribution in [3.8, 4) is 22.9 Å².